The van der Waals surface area contributed by atoms with Gasteiger partial charge in [0.2, 0.25) is 0 Å². The van der Waals surface area contributed by atoms with Gasteiger partial charge in [0.15, 0.2) is 0 Å². The van der Waals surface area contributed by atoms with E-state index >= 15 is 0 Å². The summed E-state index contributed by atoms with van der Waals surface area (Å²) in [6.45, 7) is 2.15. The molecule has 0 aromatic heterocycles. The van der Waals surface area contributed by atoms with Crippen molar-refractivity contribution in [3.05, 3.63) is 63.7 Å². The molecular weight excluding hydrogens is 226 g/mol. The van der Waals surface area contributed by atoms with Gasteiger partial charge in [-0.15, -0.1) is 0 Å². The van der Waals surface area contributed by atoms with E-state index in [1.807, 2.05) is 39.2 Å². The summed E-state index contributed by atoms with van der Waals surface area (Å²) in [6.07, 6.45) is 18.4. The Bertz CT molecular complexity index is 121. The van der Waals surface area contributed by atoms with Crippen molar-refractivity contribution in [1.82, 2.24) is 5.32 Å². The molecule has 2 aliphatic rings. The molecule has 1 N–H and O–H groups in total. The van der Waals surface area contributed by atoms with Crippen LogP contribution in [0.25, 0.3) is 0 Å². The summed E-state index contributed by atoms with van der Waals surface area (Å²) < 4.78 is 0. The standard InChI is InChI=1S/C8H12N.C5H5.Fe/c1-7(9-2)8-5-3-4-6-8;1-2-4-5-3-1;/h3-7,9H,1-2H3;1-5H;/q;;+2/t7-;;/m1../s1. The number of nitrogens with one attached hydrogen (secondary N) is 1. The normalized spacial score (nSPS) is 22.8. The van der Waals surface area contributed by atoms with Crippen molar-refractivity contribution in [3.8, 4) is 0 Å². The topological polar surface area (TPSA) is 12.0 Å². The van der Waals surface area contributed by atoms with Gasteiger partial charge >= 0.3 is 17.1 Å². The summed E-state index contributed by atoms with van der Waals surface area (Å²) in [7, 11) is 1.97. The zero-order valence-corrected chi connectivity index (χ0v) is 10.2. The van der Waals surface area contributed by atoms with Gasteiger partial charge in [0, 0.05) is 6.04 Å². The Labute approximate surface area is 106 Å². The maximum atomic E-state index is 3.17. The average molecular weight is 243 g/mol. The first-order valence-electron chi connectivity index (χ1n) is 4.90. The molecule has 1 atom stereocenters. The first kappa shape index (κ1) is 15.5. The predicted octanol–water partition coefficient (Wildman–Crippen LogP) is 2.02. The van der Waals surface area contributed by atoms with E-state index in [2.05, 4.69) is 37.9 Å². The third kappa shape index (κ3) is 6.60. The van der Waals surface area contributed by atoms with Gasteiger partial charge < -0.3 is 5.32 Å². The summed E-state index contributed by atoms with van der Waals surface area (Å²) in [5.74, 6) is 1.36. The smallest absolute Gasteiger partial charge is 0.317 e. The van der Waals surface area contributed by atoms with E-state index in [4.69, 9.17) is 0 Å². The maximum absolute atomic E-state index is 3.17. The van der Waals surface area contributed by atoms with Crippen LogP contribution < -0.4 is 5.32 Å². The molecule has 2 aliphatic carbocycles. The predicted molar refractivity (Wildman–Crippen MR) is 60.5 cm³/mol. The van der Waals surface area contributed by atoms with E-state index in [9.17, 15) is 0 Å². The molecule has 0 aromatic rings. The van der Waals surface area contributed by atoms with E-state index < -0.39 is 0 Å². The molecule has 0 amide bonds. The maximum Gasteiger partial charge on any atom is 2.00 e. The second-order valence-corrected chi connectivity index (χ2v) is 3.19. The Kier molecular flexibility index (Phi) is 10.00. The van der Waals surface area contributed by atoms with Crippen molar-refractivity contribution >= 4 is 0 Å². The molecule has 2 heteroatoms. The first-order chi connectivity index (χ1) is 6.84. The molecule has 0 heterocycles. The van der Waals surface area contributed by atoms with Crippen LogP contribution in [-0.2, 0) is 17.1 Å². The summed E-state index contributed by atoms with van der Waals surface area (Å²) in [5, 5.41) is 3.17. The molecule has 2 saturated carbocycles. The van der Waals surface area contributed by atoms with Crippen LogP contribution in [0.3, 0.4) is 0 Å². The van der Waals surface area contributed by atoms with Crippen molar-refractivity contribution < 1.29 is 17.1 Å². The quantitative estimate of drug-likeness (QED) is 0.731. The minimum Gasteiger partial charge on any atom is -0.317 e. The van der Waals surface area contributed by atoms with Crippen LogP contribution in [0.5, 0.6) is 0 Å². The SMILES string of the molecule is CN[C@H](C)[C]1[CH][CH][CH][CH]1.[CH]1[CH][CH][CH][CH]1.[Fe+2]. The summed E-state index contributed by atoms with van der Waals surface area (Å²) in [4.78, 5) is 0. The van der Waals surface area contributed by atoms with Crippen LogP contribution in [0.15, 0.2) is 0 Å². The Morgan fingerprint density at radius 1 is 0.867 bits per heavy atom. The molecule has 0 bridgehead atoms. The van der Waals surface area contributed by atoms with Gasteiger partial charge in [-0.1, -0.05) is 0 Å². The molecule has 2 rings (SSSR count). The van der Waals surface area contributed by atoms with Crippen LogP contribution in [0.1, 0.15) is 6.92 Å². The summed E-state index contributed by atoms with van der Waals surface area (Å²) >= 11 is 0. The van der Waals surface area contributed by atoms with E-state index in [0.717, 1.165) is 0 Å². The van der Waals surface area contributed by atoms with E-state index in [1.165, 1.54) is 5.92 Å². The van der Waals surface area contributed by atoms with Gasteiger partial charge in [0.1, 0.15) is 0 Å². The fourth-order valence-corrected chi connectivity index (χ4v) is 1.16. The zero-order chi connectivity index (χ0) is 10.2. The molecule has 80 valence electrons. The van der Waals surface area contributed by atoms with Crippen LogP contribution in [0.4, 0.5) is 0 Å². The zero-order valence-electron chi connectivity index (χ0n) is 9.13. The van der Waals surface area contributed by atoms with Crippen molar-refractivity contribution in [2.75, 3.05) is 7.05 Å². The van der Waals surface area contributed by atoms with Crippen molar-refractivity contribution in [1.29, 1.82) is 0 Å². The molecule has 1 nitrogen and oxygen atoms in total. The summed E-state index contributed by atoms with van der Waals surface area (Å²) in [5.41, 5.74) is 0. The van der Waals surface area contributed by atoms with Crippen molar-refractivity contribution in [2.45, 2.75) is 13.0 Å². The Morgan fingerprint density at radius 2 is 1.27 bits per heavy atom. The van der Waals surface area contributed by atoms with E-state index in [1.54, 1.807) is 0 Å². The van der Waals surface area contributed by atoms with Crippen LogP contribution in [-0.4, -0.2) is 13.1 Å². The molecule has 2 fully saturated rings. The second-order valence-electron chi connectivity index (χ2n) is 3.19. The average Bonchev–Trinajstić information content (AvgIpc) is 2.91. The van der Waals surface area contributed by atoms with Crippen molar-refractivity contribution in [2.24, 2.45) is 0 Å². The van der Waals surface area contributed by atoms with Gasteiger partial charge in [-0.05, 0) is 77.7 Å². The summed E-state index contributed by atoms with van der Waals surface area (Å²) in [6, 6.07) is 0.486. The molecule has 0 unspecified atom stereocenters. The van der Waals surface area contributed by atoms with Crippen LogP contribution in [0, 0.1) is 63.7 Å². The Balaban J connectivity index is 0.000000280. The molecular formula is C13H17FeN+2. The monoisotopic (exact) mass is 243 g/mol. The third-order valence-corrected chi connectivity index (χ3v) is 2.18. The minimum absolute atomic E-state index is 0. The van der Waals surface area contributed by atoms with Crippen LogP contribution in [0.2, 0.25) is 0 Å². The Hall–Kier alpha value is 0.479. The number of hydrogen-bond donors (Lipinski definition) is 1. The fraction of sp³-hybridized carbons (Fsp3) is 0.231. The third-order valence-electron chi connectivity index (χ3n) is 2.18. The van der Waals surface area contributed by atoms with Gasteiger partial charge in [0.25, 0.3) is 0 Å². The van der Waals surface area contributed by atoms with E-state index in [0.29, 0.717) is 6.04 Å². The largest absolute Gasteiger partial charge is 2.00 e. The Morgan fingerprint density at radius 3 is 1.60 bits per heavy atom. The second kappa shape index (κ2) is 9.69. The van der Waals surface area contributed by atoms with Gasteiger partial charge in [-0.25, -0.2) is 0 Å². The van der Waals surface area contributed by atoms with Gasteiger partial charge in [-0.2, -0.15) is 0 Å². The van der Waals surface area contributed by atoms with Gasteiger partial charge in [0.05, 0.1) is 0 Å². The molecule has 15 heavy (non-hydrogen) atoms. The number of rotatable bonds is 2. The van der Waals surface area contributed by atoms with Crippen molar-refractivity contribution in [3.63, 3.8) is 0 Å². The van der Waals surface area contributed by atoms with E-state index in [-0.39, 0.29) is 17.1 Å². The van der Waals surface area contributed by atoms with Crippen LogP contribution >= 0.6 is 0 Å². The fourth-order valence-electron chi connectivity index (χ4n) is 1.16. The minimum atomic E-state index is 0. The molecule has 0 saturated heterocycles. The number of hydrogen-bond acceptors (Lipinski definition) is 1. The molecule has 0 aromatic carbocycles. The molecule has 10 radical (unpaired) electrons. The first-order valence-corrected chi connectivity index (χ1v) is 4.90. The molecule has 0 aliphatic heterocycles. The van der Waals surface area contributed by atoms with Gasteiger partial charge in [-0.3, -0.25) is 0 Å². The molecule has 0 spiro atoms.